The maximum atomic E-state index is 13.0. The molecule has 2 N–H and O–H groups in total. The van der Waals surface area contributed by atoms with E-state index in [1.807, 2.05) is 19.2 Å². The van der Waals surface area contributed by atoms with Gasteiger partial charge in [0.2, 0.25) is 15.9 Å². The lowest BCUT2D eigenvalue weighted by atomic mass is 9.97. The second kappa shape index (κ2) is 10.2. The van der Waals surface area contributed by atoms with Gasteiger partial charge in [-0.15, -0.1) is 0 Å². The summed E-state index contributed by atoms with van der Waals surface area (Å²) in [4.78, 5) is 14.4. The molecule has 1 unspecified atom stereocenters. The van der Waals surface area contributed by atoms with Crippen LogP contribution in [0.4, 0.5) is 5.69 Å². The number of benzene rings is 2. The molecule has 174 valence electrons. The molecule has 2 heterocycles. The highest BCUT2D eigenvalue weighted by molar-refractivity contribution is 7.89. The van der Waals surface area contributed by atoms with Crippen LogP contribution in [-0.2, 0) is 27.8 Å². The normalized spacial score (nSPS) is 15.2. The molecule has 3 aromatic rings. The second-order valence-electron chi connectivity index (χ2n) is 8.58. The van der Waals surface area contributed by atoms with Gasteiger partial charge in [-0.1, -0.05) is 38.1 Å². The first-order valence-electron chi connectivity index (χ1n) is 11.1. The van der Waals surface area contributed by atoms with E-state index in [0.29, 0.717) is 5.69 Å². The zero-order chi connectivity index (χ0) is 23.4. The summed E-state index contributed by atoms with van der Waals surface area (Å²) in [6.45, 7) is 5.57. The maximum absolute atomic E-state index is 13.0. The molecule has 4 rings (SSSR count). The summed E-state index contributed by atoms with van der Waals surface area (Å²) in [7, 11) is -3.69. The minimum atomic E-state index is -3.69. The molecule has 0 saturated heterocycles. The predicted molar refractivity (Wildman–Crippen MR) is 133 cm³/mol. The number of carbonyl (C=O) groups is 1. The lowest BCUT2D eigenvalue weighted by Crippen LogP contribution is -2.40. The van der Waals surface area contributed by atoms with Gasteiger partial charge >= 0.3 is 0 Å². The molecule has 1 aromatic heterocycles. The van der Waals surface area contributed by atoms with Gasteiger partial charge in [0.15, 0.2) is 0 Å². The summed E-state index contributed by atoms with van der Waals surface area (Å²) in [5.41, 5.74) is 4.36. The van der Waals surface area contributed by atoms with Crippen molar-refractivity contribution in [2.45, 2.75) is 37.8 Å². The highest BCUT2D eigenvalue weighted by Crippen LogP contribution is 2.29. The Balaban J connectivity index is 1.47. The highest BCUT2D eigenvalue weighted by atomic mass is 32.2. The first-order valence-corrected chi connectivity index (χ1v) is 13.5. The van der Waals surface area contributed by atoms with Crippen LogP contribution in [0.1, 0.15) is 36.6 Å². The average Bonchev–Trinajstić information content (AvgIpc) is 3.34. The zero-order valence-corrected chi connectivity index (χ0v) is 20.5. The molecule has 1 aliphatic heterocycles. The van der Waals surface area contributed by atoms with Gasteiger partial charge in [0, 0.05) is 37.3 Å². The average molecular weight is 484 g/mol. The molecule has 33 heavy (non-hydrogen) atoms. The Hall–Kier alpha value is -2.52. The lowest BCUT2D eigenvalue weighted by molar-refractivity contribution is -0.118. The Morgan fingerprint density at radius 1 is 1.06 bits per heavy atom. The van der Waals surface area contributed by atoms with Crippen molar-refractivity contribution >= 4 is 33.0 Å². The summed E-state index contributed by atoms with van der Waals surface area (Å²) in [6.07, 6.45) is 0.952. The van der Waals surface area contributed by atoms with Gasteiger partial charge < -0.3 is 5.32 Å². The lowest BCUT2D eigenvalue weighted by Gasteiger charge is -2.35. The molecule has 0 fully saturated rings. The summed E-state index contributed by atoms with van der Waals surface area (Å²) in [5, 5.41) is 6.90. The Morgan fingerprint density at radius 3 is 2.45 bits per heavy atom. The fourth-order valence-corrected chi connectivity index (χ4v) is 5.73. The van der Waals surface area contributed by atoms with Crippen LogP contribution in [0.15, 0.2) is 70.3 Å². The van der Waals surface area contributed by atoms with Crippen LogP contribution >= 0.6 is 11.3 Å². The quantitative estimate of drug-likeness (QED) is 0.497. The van der Waals surface area contributed by atoms with Crippen molar-refractivity contribution in [3.63, 3.8) is 0 Å². The van der Waals surface area contributed by atoms with Gasteiger partial charge in [-0.05, 0) is 64.2 Å². The van der Waals surface area contributed by atoms with Crippen molar-refractivity contribution in [3.8, 4) is 0 Å². The van der Waals surface area contributed by atoms with E-state index in [4.69, 9.17) is 0 Å². The Morgan fingerprint density at radius 2 is 1.79 bits per heavy atom. The zero-order valence-electron chi connectivity index (χ0n) is 18.8. The third-order valence-electron chi connectivity index (χ3n) is 5.95. The molecule has 6 nitrogen and oxygen atoms in total. The predicted octanol–water partition coefficient (Wildman–Crippen LogP) is 4.42. The SMILES string of the molecule is CC(C)C(=O)Nc1ccc(S(=O)(=O)NCC(c2ccsc2)N2CCc3ccccc3C2)cc1. The van der Waals surface area contributed by atoms with E-state index >= 15 is 0 Å². The van der Waals surface area contributed by atoms with Gasteiger partial charge in [0.1, 0.15) is 0 Å². The molecular weight excluding hydrogens is 454 g/mol. The highest BCUT2D eigenvalue weighted by Gasteiger charge is 2.27. The molecule has 0 saturated carbocycles. The van der Waals surface area contributed by atoms with Crippen molar-refractivity contribution in [2.24, 2.45) is 5.92 Å². The van der Waals surface area contributed by atoms with Crippen LogP contribution in [0.25, 0.3) is 0 Å². The number of nitrogens with zero attached hydrogens (tertiary/aromatic N) is 1. The summed E-state index contributed by atoms with van der Waals surface area (Å²) in [5.74, 6) is -0.253. The van der Waals surface area contributed by atoms with Gasteiger partial charge in [0.05, 0.1) is 4.90 Å². The van der Waals surface area contributed by atoms with E-state index in [9.17, 15) is 13.2 Å². The third-order valence-corrected chi connectivity index (χ3v) is 8.09. The van der Waals surface area contributed by atoms with Gasteiger partial charge in [-0.3, -0.25) is 9.69 Å². The first kappa shape index (κ1) is 23.6. The molecule has 1 aliphatic rings. The third kappa shape index (κ3) is 5.70. The number of thiophene rings is 1. The van der Waals surface area contributed by atoms with Crippen LogP contribution in [-0.4, -0.2) is 32.3 Å². The van der Waals surface area contributed by atoms with E-state index in [1.54, 1.807) is 23.5 Å². The number of fused-ring (bicyclic) bond motifs is 1. The Labute approximate surface area is 199 Å². The molecule has 1 atom stereocenters. The largest absolute Gasteiger partial charge is 0.326 e. The fourth-order valence-electron chi connectivity index (χ4n) is 3.98. The van der Waals surface area contributed by atoms with Crippen LogP contribution in [0.5, 0.6) is 0 Å². The minimum absolute atomic E-state index is 0.0519. The number of rotatable bonds is 8. The van der Waals surface area contributed by atoms with Crippen molar-refractivity contribution in [1.29, 1.82) is 0 Å². The Kier molecular flexibility index (Phi) is 7.29. The Bertz CT molecular complexity index is 1190. The second-order valence-corrected chi connectivity index (χ2v) is 11.1. The monoisotopic (exact) mass is 483 g/mol. The topological polar surface area (TPSA) is 78.5 Å². The maximum Gasteiger partial charge on any atom is 0.240 e. The molecule has 0 aliphatic carbocycles. The van der Waals surface area contributed by atoms with Crippen molar-refractivity contribution in [1.82, 2.24) is 9.62 Å². The minimum Gasteiger partial charge on any atom is -0.326 e. The fraction of sp³-hybridized carbons (Fsp3) is 0.320. The van der Waals surface area contributed by atoms with Crippen LogP contribution in [0.3, 0.4) is 0 Å². The van der Waals surface area contributed by atoms with Crippen LogP contribution in [0.2, 0.25) is 0 Å². The van der Waals surface area contributed by atoms with E-state index in [0.717, 1.165) is 25.1 Å². The van der Waals surface area contributed by atoms with E-state index in [2.05, 4.69) is 50.7 Å². The van der Waals surface area contributed by atoms with Crippen molar-refractivity contribution in [2.75, 3.05) is 18.4 Å². The molecule has 0 spiro atoms. The smallest absolute Gasteiger partial charge is 0.240 e. The van der Waals surface area contributed by atoms with Crippen LogP contribution in [0, 0.1) is 5.92 Å². The number of nitrogens with one attached hydrogen (secondary N) is 2. The molecule has 0 bridgehead atoms. The van der Waals surface area contributed by atoms with Gasteiger partial charge in [0.25, 0.3) is 0 Å². The number of amides is 1. The van der Waals surface area contributed by atoms with Crippen molar-refractivity contribution in [3.05, 3.63) is 82.0 Å². The van der Waals surface area contributed by atoms with Crippen LogP contribution < -0.4 is 10.0 Å². The van der Waals surface area contributed by atoms with Crippen molar-refractivity contribution < 1.29 is 13.2 Å². The van der Waals surface area contributed by atoms with E-state index < -0.39 is 10.0 Å². The summed E-state index contributed by atoms with van der Waals surface area (Å²) in [6, 6.07) is 16.7. The van der Waals surface area contributed by atoms with E-state index in [1.165, 1.54) is 23.3 Å². The number of anilines is 1. The molecular formula is C25H29N3O3S2. The van der Waals surface area contributed by atoms with Gasteiger partial charge in [-0.25, -0.2) is 13.1 Å². The number of hydrogen-bond donors (Lipinski definition) is 2. The van der Waals surface area contributed by atoms with E-state index in [-0.39, 0.29) is 29.3 Å². The first-order chi connectivity index (χ1) is 15.8. The molecule has 0 radical (unpaired) electrons. The molecule has 1 amide bonds. The molecule has 2 aromatic carbocycles. The number of sulfonamides is 1. The van der Waals surface area contributed by atoms with Gasteiger partial charge in [-0.2, -0.15) is 11.3 Å². The standard InChI is InChI=1S/C25H29N3O3S2/c1-18(2)25(29)27-22-7-9-23(10-8-22)33(30,31)26-15-24(21-12-14-32-17-21)28-13-11-19-5-3-4-6-20(19)16-28/h3-10,12,14,17-18,24,26H,11,13,15-16H2,1-2H3,(H,27,29). The number of hydrogen-bond acceptors (Lipinski definition) is 5. The summed E-state index contributed by atoms with van der Waals surface area (Å²) >= 11 is 1.62. The molecule has 8 heteroatoms. The number of carbonyl (C=O) groups excluding carboxylic acids is 1. The summed E-state index contributed by atoms with van der Waals surface area (Å²) < 4.78 is 28.8.